The molecule has 2 atom stereocenters. The van der Waals surface area contributed by atoms with Gasteiger partial charge in [-0.05, 0) is 0 Å². The minimum absolute atomic E-state index is 0.116. The van der Waals surface area contributed by atoms with Crippen LogP contribution in [0, 0.1) is 5.92 Å². The molecule has 0 radical (unpaired) electrons. The standard InChI is InChI=1S/C7H12N2O3/c1-5(4-10)7(11)12-6-2-3-8-9-6/h2-3,5,7,10-11H,4H2,1H3,(H,8,9). The lowest BCUT2D eigenvalue weighted by Crippen LogP contribution is -2.27. The average Bonchev–Trinajstić information content (AvgIpc) is 2.55. The molecule has 0 aliphatic carbocycles. The molecule has 12 heavy (non-hydrogen) atoms. The summed E-state index contributed by atoms with van der Waals surface area (Å²) < 4.78 is 4.98. The van der Waals surface area contributed by atoms with Gasteiger partial charge in [0.2, 0.25) is 12.2 Å². The molecule has 0 bridgehead atoms. The van der Waals surface area contributed by atoms with E-state index in [-0.39, 0.29) is 12.5 Å². The van der Waals surface area contributed by atoms with Gasteiger partial charge in [0, 0.05) is 12.0 Å². The molecule has 0 aliphatic heterocycles. The molecule has 5 heteroatoms. The predicted molar refractivity (Wildman–Crippen MR) is 41.5 cm³/mol. The molecule has 68 valence electrons. The Kier molecular flexibility index (Phi) is 3.07. The van der Waals surface area contributed by atoms with Crippen molar-refractivity contribution in [3.05, 3.63) is 12.3 Å². The van der Waals surface area contributed by atoms with Crippen molar-refractivity contribution in [3.63, 3.8) is 0 Å². The minimum atomic E-state index is -1.00. The molecule has 0 spiro atoms. The fourth-order valence-corrected chi connectivity index (χ4v) is 0.645. The van der Waals surface area contributed by atoms with E-state index < -0.39 is 6.29 Å². The van der Waals surface area contributed by atoms with Gasteiger partial charge in [0.25, 0.3) is 0 Å². The highest BCUT2D eigenvalue weighted by atomic mass is 16.6. The summed E-state index contributed by atoms with van der Waals surface area (Å²) in [5, 5.41) is 24.1. The maximum Gasteiger partial charge on any atom is 0.211 e. The van der Waals surface area contributed by atoms with Crippen molar-refractivity contribution in [2.24, 2.45) is 5.92 Å². The number of aliphatic hydroxyl groups excluding tert-OH is 2. The number of aliphatic hydroxyl groups is 2. The van der Waals surface area contributed by atoms with Crippen LogP contribution in [0.3, 0.4) is 0 Å². The van der Waals surface area contributed by atoms with Crippen molar-refractivity contribution in [1.82, 2.24) is 10.2 Å². The Balaban J connectivity index is 2.41. The third-order valence-electron chi connectivity index (χ3n) is 1.50. The Labute approximate surface area is 70.0 Å². The zero-order chi connectivity index (χ0) is 8.97. The molecule has 5 nitrogen and oxygen atoms in total. The first kappa shape index (κ1) is 9.02. The monoisotopic (exact) mass is 172 g/mol. The number of nitrogens with zero attached hydrogens (tertiary/aromatic N) is 1. The number of H-pyrrole nitrogens is 1. The van der Waals surface area contributed by atoms with Crippen molar-refractivity contribution >= 4 is 0 Å². The van der Waals surface area contributed by atoms with E-state index in [4.69, 9.17) is 9.84 Å². The highest BCUT2D eigenvalue weighted by Gasteiger charge is 2.14. The van der Waals surface area contributed by atoms with Gasteiger partial charge in [0.05, 0.1) is 12.8 Å². The third kappa shape index (κ3) is 2.21. The van der Waals surface area contributed by atoms with Crippen molar-refractivity contribution in [2.45, 2.75) is 13.2 Å². The summed E-state index contributed by atoms with van der Waals surface area (Å²) in [6, 6.07) is 1.59. The Morgan fingerprint density at radius 1 is 1.75 bits per heavy atom. The fourth-order valence-electron chi connectivity index (χ4n) is 0.645. The van der Waals surface area contributed by atoms with Crippen molar-refractivity contribution in [1.29, 1.82) is 0 Å². The number of aromatic amines is 1. The lowest BCUT2D eigenvalue weighted by Gasteiger charge is -2.16. The van der Waals surface area contributed by atoms with Gasteiger partial charge in [-0.1, -0.05) is 6.92 Å². The van der Waals surface area contributed by atoms with Crippen LogP contribution in [0.4, 0.5) is 0 Å². The van der Waals surface area contributed by atoms with Crippen LogP contribution in [0.5, 0.6) is 5.88 Å². The van der Waals surface area contributed by atoms with Gasteiger partial charge >= 0.3 is 0 Å². The van der Waals surface area contributed by atoms with E-state index in [0.29, 0.717) is 5.88 Å². The second-order valence-corrected chi connectivity index (χ2v) is 2.59. The van der Waals surface area contributed by atoms with Crippen molar-refractivity contribution in [2.75, 3.05) is 6.61 Å². The molecule has 1 rings (SSSR count). The second-order valence-electron chi connectivity index (χ2n) is 2.59. The Morgan fingerprint density at radius 2 is 2.50 bits per heavy atom. The number of hydrogen-bond acceptors (Lipinski definition) is 4. The molecule has 0 saturated carbocycles. The van der Waals surface area contributed by atoms with Gasteiger partial charge in [-0.3, -0.25) is 0 Å². The van der Waals surface area contributed by atoms with Crippen LogP contribution in [-0.2, 0) is 0 Å². The molecular formula is C7H12N2O3. The fraction of sp³-hybridized carbons (Fsp3) is 0.571. The molecule has 1 heterocycles. The van der Waals surface area contributed by atoms with Gasteiger partial charge < -0.3 is 14.9 Å². The quantitative estimate of drug-likeness (QED) is 0.546. The van der Waals surface area contributed by atoms with E-state index in [1.807, 2.05) is 0 Å². The summed E-state index contributed by atoms with van der Waals surface area (Å²) in [6.45, 7) is 1.57. The Bertz CT molecular complexity index is 212. The summed E-state index contributed by atoms with van der Waals surface area (Å²) in [4.78, 5) is 0. The van der Waals surface area contributed by atoms with Gasteiger partial charge in [-0.15, -0.1) is 0 Å². The van der Waals surface area contributed by atoms with E-state index in [1.54, 1.807) is 13.0 Å². The summed E-state index contributed by atoms with van der Waals surface area (Å²) >= 11 is 0. The summed E-state index contributed by atoms with van der Waals surface area (Å²) in [5.74, 6) is 0.0797. The number of hydrogen-bond donors (Lipinski definition) is 3. The molecular weight excluding hydrogens is 160 g/mol. The van der Waals surface area contributed by atoms with Crippen LogP contribution >= 0.6 is 0 Å². The predicted octanol–water partition coefficient (Wildman–Crippen LogP) is -0.265. The number of nitrogens with one attached hydrogen (secondary N) is 1. The molecule has 0 saturated heterocycles. The molecule has 0 aromatic carbocycles. The molecule has 3 N–H and O–H groups in total. The highest BCUT2D eigenvalue weighted by molar-refractivity contribution is 5.04. The largest absolute Gasteiger partial charge is 0.448 e. The van der Waals surface area contributed by atoms with Crippen LogP contribution in [-0.4, -0.2) is 33.3 Å². The topological polar surface area (TPSA) is 78.4 Å². The third-order valence-corrected chi connectivity index (χ3v) is 1.50. The smallest absolute Gasteiger partial charge is 0.211 e. The number of ether oxygens (including phenoxy) is 1. The first-order valence-electron chi connectivity index (χ1n) is 3.69. The normalized spacial score (nSPS) is 15.6. The zero-order valence-electron chi connectivity index (χ0n) is 6.77. The highest BCUT2D eigenvalue weighted by Crippen LogP contribution is 2.09. The zero-order valence-corrected chi connectivity index (χ0v) is 6.77. The summed E-state index contributed by atoms with van der Waals surface area (Å²) in [7, 11) is 0. The first-order chi connectivity index (χ1) is 5.74. The van der Waals surface area contributed by atoms with Gasteiger partial charge in [-0.25, -0.2) is 5.10 Å². The lowest BCUT2D eigenvalue weighted by atomic mass is 10.2. The van der Waals surface area contributed by atoms with Crippen molar-refractivity contribution < 1.29 is 14.9 Å². The second kappa shape index (κ2) is 4.08. The van der Waals surface area contributed by atoms with Gasteiger partial charge in [0.1, 0.15) is 0 Å². The molecule has 1 aromatic rings. The number of aromatic nitrogens is 2. The van der Waals surface area contributed by atoms with Gasteiger partial charge in [-0.2, -0.15) is 5.10 Å². The van der Waals surface area contributed by atoms with E-state index in [1.165, 1.54) is 6.20 Å². The number of rotatable bonds is 4. The van der Waals surface area contributed by atoms with Gasteiger partial charge in [0.15, 0.2) is 0 Å². The van der Waals surface area contributed by atoms with E-state index in [9.17, 15) is 5.11 Å². The molecule has 0 aliphatic rings. The summed E-state index contributed by atoms with van der Waals surface area (Å²) in [6.07, 6.45) is 0.515. The van der Waals surface area contributed by atoms with E-state index >= 15 is 0 Å². The molecule has 0 amide bonds. The molecule has 0 fully saturated rings. The van der Waals surface area contributed by atoms with Crippen LogP contribution in [0.1, 0.15) is 6.92 Å². The van der Waals surface area contributed by atoms with E-state index in [0.717, 1.165) is 0 Å². The van der Waals surface area contributed by atoms with Crippen LogP contribution in [0.2, 0.25) is 0 Å². The summed E-state index contributed by atoms with van der Waals surface area (Å²) in [5.41, 5.74) is 0. The van der Waals surface area contributed by atoms with Crippen LogP contribution in [0.25, 0.3) is 0 Å². The lowest BCUT2D eigenvalue weighted by molar-refractivity contribution is -0.0728. The van der Waals surface area contributed by atoms with Crippen LogP contribution in [0.15, 0.2) is 12.3 Å². The van der Waals surface area contributed by atoms with Crippen LogP contribution < -0.4 is 4.74 Å². The molecule has 2 unspecified atom stereocenters. The maximum atomic E-state index is 9.26. The Morgan fingerprint density at radius 3 is 3.00 bits per heavy atom. The first-order valence-corrected chi connectivity index (χ1v) is 3.69. The SMILES string of the molecule is CC(CO)C(O)Oc1ccn[nH]1. The Hall–Kier alpha value is -1.07. The average molecular weight is 172 g/mol. The molecule has 1 aromatic heterocycles. The van der Waals surface area contributed by atoms with E-state index in [2.05, 4.69) is 10.2 Å². The minimum Gasteiger partial charge on any atom is -0.448 e. The van der Waals surface area contributed by atoms with Crippen molar-refractivity contribution in [3.8, 4) is 5.88 Å². The maximum absolute atomic E-state index is 9.26.